The van der Waals surface area contributed by atoms with E-state index >= 15 is 0 Å². The topological polar surface area (TPSA) is 26.3 Å². The van der Waals surface area contributed by atoms with E-state index in [1.54, 1.807) is 0 Å². The van der Waals surface area contributed by atoms with Crippen molar-refractivity contribution in [3.8, 4) is 17.6 Å². The zero-order chi connectivity index (χ0) is 22.6. The number of unbranched alkanes of at least 4 members (excludes halogenated alkanes) is 2. The normalized spacial score (nSPS) is 25.8. The zero-order valence-corrected chi connectivity index (χ0v) is 20.3. The molecule has 3 rings (SSSR count). The first-order valence-electron chi connectivity index (χ1n) is 13.2. The second-order valence-electron chi connectivity index (χ2n) is 9.98. The van der Waals surface area contributed by atoms with Crippen LogP contribution in [-0.2, 0) is 4.79 Å². The fourth-order valence-corrected chi connectivity index (χ4v) is 5.27. The van der Waals surface area contributed by atoms with Gasteiger partial charge in [0.25, 0.3) is 0 Å². The lowest BCUT2D eigenvalue weighted by molar-refractivity contribution is -0.140. The van der Waals surface area contributed by atoms with Crippen molar-refractivity contribution in [1.29, 1.82) is 0 Å². The number of hydrogen-bond donors (Lipinski definition) is 0. The van der Waals surface area contributed by atoms with Gasteiger partial charge < -0.3 is 4.74 Å². The number of benzene rings is 1. The first-order chi connectivity index (χ1) is 15.7. The Morgan fingerprint density at radius 3 is 2.28 bits per heavy atom. The van der Waals surface area contributed by atoms with Crippen molar-refractivity contribution in [2.45, 2.75) is 97.3 Å². The molecule has 0 radical (unpaired) electrons. The van der Waals surface area contributed by atoms with Crippen molar-refractivity contribution < 1.29 is 9.53 Å². The maximum Gasteiger partial charge on any atom is 0.314 e. The Balaban J connectivity index is 1.38. The number of ether oxygens (including phenoxy) is 1. The Morgan fingerprint density at radius 2 is 1.62 bits per heavy atom. The van der Waals surface area contributed by atoms with Crippen molar-refractivity contribution in [2.24, 2.45) is 23.7 Å². The van der Waals surface area contributed by atoms with E-state index in [-0.39, 0.29) is 11.9 Å². The Bertz CT molecular complexity index is 763. The Kier molecular flexibility index (Phi) is 10.4. The van der Waals surface area contributed by atoms with Crippen LogP contribution in [0.2, 0.25) is 0 Å². The molecule has 2 fully saturated rings. The summed E-state index contributed by atoms with van der Waals surface area (Å²) < 4.78 is 5.62. The van der Waals surface area contributed by atoms with Crippen LogP contribution in [0.4, 0.5) is 0 Å². The molecule has 2 aliphatic rings. The first kappa shape index (κ1) is 24.6. The Labute approximate surface area is 196 Å². The average molecular weight is 435 g/mol. The van der Waals surface area contributed by atoms with E-state index in [1.807, 2.05) is 30.3 Å². The minimum absolute atomic E-state index is 0.0637. The molecule has 0 spiro atoms. The molecule has 0 heterocycles. The number of esters is 1. The molecule has 0 N–H and O–H groups in total. The average Bonchev–Trinajstić information content (AvgIpc) is 2.84. The third-order valence-electron chi connectivity index (χ3n) is 7.61. The zero-order valence-electron chi connectivity index (χ0n) is 20.3. The number of carbonyl (C=O) groups excluding carboxylic acids is 1. The van der Waals surface area contributed by atoms with Crippen LogP contribution in [0.15, 0.2) is 36.4 Å². The largest absolute Gasteiger partial charge is 0.426 e. The van der Waals surface area contributed by atoms with Gasteiger partial charge in [0.15, 0.2) is 0 Å². The summed E-state index contributed by atoms with van der Waals surface area (Å²) in [5, 5.41) is 0. The molecule has 32 heavy (non-hydrogen) atoms. The molecule has 2 aliphatic carbocycles. The molecular weight excluding hydrogens is 392 g/mol. The molecule has 0 bridgehead atoms. The van der Waals surface area contributed by atoms with E-state index < -0.39 is 0 Å². The predicted octanol–water partition coefficient (Wildman–Crippen LogP) is 8.10. The molecule has 0 saturated heterocycles. The van der Waals surface area contributed by atoms with Crippen LogP contribution in [-0.4, -0.2) is 5.97 Å². The summed E-state index contributed by atoms with van der Waals surface area (Å²) >= 11 is 0. The molecule has 1 aromatic carbocycles. The maximum atomic E-state index is 12.4. The van der Waals surface area contributed by atoms with Gasteiger partial charge in [0.2, 0.25) is 0 Å². The fraction of sp³-hybridized carbons (Fsp3) is 0.633. The summed E-state index contributed by atoms with van der Waals surface area (Å²) in [4.78, 5) is 12.4. The van der Waals surface area contributed by atoms with E-state index in [1.165, 1.54) is 57.8 Å². The third kappa shape index (κ3) is 8.16. The molecule has 174 valence electrons. The Morgan fingerprint density at radius 1 is 0.938 bits per heavy atom. The van der Waals surface area contributed by atoms with Gasteiger partial charge in [-0.05, 0) is 99.5 Å². The highest BCUT2D eigenvalue weighted by Gasteiger charge is 2.27. The molecule has 2 heteroatoms. The summed E-state index contributed by atoms with van der Waals surface area (Å²) in [6.07, 6.45) is 20.7. The molecular formula is C30H42O2. The molecule has 0 aromatic heterocycles. The highest BCUT2D eigenvalue weighted by molar-refractivity contribution is 5.75. The third-order valence-corrected chi connectivity index (χ3v) is 7.61. The smallest absolute Gasteiger partial charge is 0.314 e. The van der Waals surface area contributed by atoms with Crippen LogP contribution in [0, 0.1) is 35.5 Å². The van der Waals surface area contributed by atoms with Crippen LogP contribution in [0.3, 0.4) is 0 Å². The molecule has 0 aliphatic heterocycles. The molecule has 2 nitrogen and oxygen atoms in total. The van der Waals surface area contributed by atoms with Crippen molar-refractivity contribution >= 4 is 5.97 Å². The van der Waals surface area contributed by atoms with Gasteiger partial charge in [-0.15, -0.1) is 0 Å². The van der Waals surface area contributed by atoms with Gasteiger partial charge in [-0.1, -0.05) is 63.9 Å². The highest BCUT2D eigenvalue weighted by atomic mass is 16.5. The summed E-state index contributed by atoms with van der Waals surface area (Å²) in [6.45, 7) is 4.52. The van der Waals surface area contributed by atoms with Crippen molar-refractivity contribution in [3.63, 3.8) is 0 Å². The van der Waals surface area contributed by atoms with Crippen molar-refractivity contribution in [2.75, 3.05) is 0 Å². The number of rotatable bonds is 8. The van der Waals surface area contributed by atoms with Gasteiger partial charge in [-0.3, -0.25) is 4.79 Å². The van der Waals surface area contributed by atoms with Crippen LogP contribution in [0.1, 0.15) is 103 Å². The van der Waals surface area contributed by atoms with Gasteiger partial charge in [0, 0.05) is 5.56 Å². The van der Waals surface area contributed by atoms with Gasteiger partial charge in [0.1, 0.15) is 5.75 Å². The minimum atomic E-state index is -0.0681. The quantitative estimate of drug-likeness (QED) is 0.179. The van der Waals surface area contributed by atoms with E-state index in [4.69, 9.17) is 4.74 Å². The lowest BCUT2D eigenvalue weighted by Gasteiger charge is -2.26. The summed E-state index contributed by atoms with van der Waals surface area (Å²) in [6, 6.07) is 7.62. The number of carbonyl (C=O) groups is 1. The second kappa shape index (κ2) is 13.5. The van der Waals surface area contributed by atoms with Crippen molar-refractivity contribution in [3.05, 3.63) is 42.0 Å². The van der Waals surface area contributed by atoms with E-state index in [0.29, 0.717) is 11.7 Å². The van der Waals surface area contributed by atoms with Gasteiger partial charge >= 0.3 is 5.97 Å². The molecule has 2 saturated carbocycles. The molecule has 0 amide bonds. The van der Waals surface area contributed by atoms with Crippen LogP contribution < -0.4 is 4.74 Å². The lowest BCUT2D eigenvalue weighted by Crippen LogP contribution is -2.25. The Hall–Kier alpha value is -2.01. The first-order valence-corrected chi connectivity index (χ1v) is 13.2. The van der Waals surface area contributed by atoms with Crippen LogP contribution >= 0.6 is 0 Å². The second-order valence-corrected chi connectivity index (χ2v) is 9.98. The molecule has 0 atom stereocenters. The fourth-order valence-electron chi connectivity index (χ4n) is 5.27. The monoisotopic (exact) mass is 434 g/mol. The predicted molar refractivity (Wildman–Crippen MR) is 133 cm³/mol. The van der Waals surface area contributed by atoms with Gasteiger partial charge in [-0.25, -0.2) is 0 Å². The molecule has 1 aromatic rings. The highest BCUT2D eigenvalue weighted by Crippen LogP contribution is 2.33. The SMILES string of the molecule is CCCCC[C@H]1CC[C@H](/C=C/C#Cc2ccc(OC(=O)[C@H]3CC[C@H](CC)CC3)cc2)CC1. The van der Waals surface area contributed by atoms with Gasteiger partial charge in [0.05, 0.1) is 5.92 Å². The van der Waals surface area contributed by atoms with Gasteiger partial charge in [-0.2, -0.15) is 0 Å². The van der Waals surface area contributed by atoms with Crippen LogP contribution in [0.25, 0.3) is 0 Å². The number of allylic oxidation sites excluding steroid dienone is 2. The molecule has 0 unspecified atom stereocenters. The van der Waals surface area contributed by atoms with E-state index in [2.05, 4.69) is 31.8 Å². The standard InChI is InChI=1S/C30H42O2/c1-3-5-6-9-25-12-14-26(15-13-25)10-7-8-11-27-18-22-29(23-19-27)32-30(31)28-20-16-24(4-2)17-21-28/h7,10,18-19,22-26,28H,3-6,9,12-17,20-21H2,1-2H3/b10-7+/t24-,25-,26-,28-. The summed E-state index contributed by atoms with van der Waals surface area (Å²) in [5.74, 6) is 9.45. The number of hydrogen-bond acceptors (Lipinski definition) is 2. The minimum Gasteiger partial charge on any atom is -0.426 e. The maximum absolute atomic E-state index is 12.4. The van der Waals surface area contributed by atoms with E-state index in [9.17, 15) is 4.79 Å². The lowest BCUT2D eigenvalue weighted by atomic mass is 9.79. The summed E-state index contributed by atoms with van der Waals surface area (Å²) in [5.41, 5.74) is 0.956. The van der Waals surface area contributed by atoms with E-state index in [0.717, 1.165) is 43.1 Å². The van der Waals surface area contributed by atoms with Crippen LogP contribution in [0.5, 0.6) is 5.75 Å². The summed E-state index contributed by atoms with van der Waals surface area (Å²) in [7, 11) is 0. The van der Waals surface area contributed by atoms with Crippen molar-refractivity contribution in [1.82, 2.24) is 0 Å².